The molecule has 1 atom stereocenters. The fraction of sp³-hybridized carbons (Fsp3) is 0.294. The van der Waals surface area contributed by atoms with Gasteiger partial charge in [-0.25, -0.2) is 0 Å². The fourth-order valence-electron chi connectivity index (χ4n) is 5.48. The lowest BCUT2D eigenvalue weighted by Crippen LogP contribution is -2.25. The van der Waals surface area contributed by atoms with Crippen LogP contribution in [0.2, 0.25) is 0 Å². The summed E-state index contributed by atoms with van der Waals surface area (Å²) in [5, 5.41) is 13.3. The van der Waals surface area contributed by atoms with Crippen LogP contribution in [-0.2, 0) is 19.4 Å². The number of nitrogens with one attached hydrogen (secondary N) is 1. The van der Waals surface area contributed by atoms with E-state index in [0.717, 1.165) is 56.1 Å². The molecule has 5 nitrogen and oxygen atoms in total. The van der Waals surface area contributed by atoms with E-state index in [-0.39, 0.29) is 0 Å². The first-order valence-electron chi connectivity index (χ1n) is 13.9. The number of benzene rings is 4. The van der Waals surface area contributed by atoms with Crippen molar-refractivity contribution < 1.29 is 14.6 Å². The Morgan fingerprint density at radius 1 is 0.897 bits per heavy atom. The van der Waals surface area contributed by atoms with Gasteiger partial charge in [0.15, 0.2) is 0 Å². The van der Waals surface area contributed by atoms with E-state index in [0.29, 0.717) is 18.3 Å². The van der Waals surface area contributed by atoms with Crippen molar-refractivity contribution in [3.8, 4) is 17.2 Å². The van der Waals surface area contributed by atoms with Crippen LogP contribution in [0.5, 0.6) is 17.2 Å². The van der Waals surface area contributed by atoms with Gasteiger partial charge in [0.05, 0.1) is 7.11 Å². The van der Waals surface area contributed by atoms with Gasteiger partial charge < -0.3 is 24.8 Å². The van der Waals surface area contributed by atoms with E-state index in [2.05, 4.69) is 77.8 Å². The van der Waals surface area contributed by atoms with Crippen molar-refractivity contribution in [2.45, 2.75) is 38.6 Å². The van der Waals surface area contributed by atoms with Gasteiger partial charge in [0.25, 0.3) is 0 Å². The number of methoxy groups -OCH3 is 1. The highest BCUT2D eigenvalue weighted by Crippen LogP contribution is 2.40. The minimum atomic E-state index is 0.356. The molecule has 4 aromatic rings. The van der Waals surface area contributed by atoms with Crippen LogP contribution in [0.1, 0.15) is 41.5 Å². The highest BCUT2D eigenvalue weighted by Gasteiger charge is 2.24. The summed E-state index contributed by atoms with van der Waals surface area (Å²) in [6, 6.07) is 30.9. The topological polar surface area (TPSA) is 54.0 Å². The molecule has 0 heterocycles. The normalized spacial score (nSPS) is 14.4. The van der Waals surface area contributed by atoms with Gasteiger partial charge in [0.1, 0.15) is 23.9 Å². The maximum atomic E-state index is 9.90. The molecular weight excluding hydrogens is 484 g/mol. The third kappa shape index (κ3) is 6.66. The number of hydrogen-bond acceptors (Lipinski definition) is 5. The molecule has 1 aliphatic rings. The molecule has 0 saturated carbocycles. The summed E-state index contributed by atoms with van der Waals surface area (Å²) < 4.78 is 11.6. The first kappa shape index (κ1) is 26.5. The molecule has 0 bridgehead atoms. The summed E-state index contributed by atoms with van der Waals surface area (Å²) in [6.45, 7) is 5.26. The fourth-order valence-corrected chi connectivity index (χ4v) is 5.48. The number of phenols is 1. The van der Waals surface area contributed by atoms with E-state index in [9.17, 15) is 5.11 Å². The molecule has 39 heavy (non-hydrogen) atoms. The summed E-state index contributed by atoms with van der Waals surface area (Å²) >= 11 is 0. The van der Waals surface area contributed by atoms with E-state index in [1.165, 1.54) is 27.9 Å². The number of anilines is 2. The van der Waals surface area contributed by atoms with Gasteiger partial charge in [-0.05, 0) is 96.8 Å². The lowest BCUT2D eigenvalue weighted by atomic mass is 9.79. The summed E-state index contributed by atoms with van der Waals surface area (Å²) in [4.78, 5) is 2.43. The van der Waals surface area contributed by atoms with Crippen molar-refractivity contribution in [3.63, 3.8) is 0 Å². The van der Waals surface area contributed by atoms with Gasteiger partial charge in [-0.3, -0.25) is 0 Å². The van der Waals surface area contributed by atoms with Crippen molar-refractivity contribution in [2.24, 2.45) is 0 Å². The zero-order valence-electron chi connectivity index (χ0n) is 22.9. The third-order valence-electron chi connectivity index (χ3n) is 7.59. The Labute approximate surface area is 232 Å². The van der Waals surface area contributed by atoms with Crippen molar-refractivity contribution >= 4 is 11.4 Å². The van der Waals surface area contributed by atoms with Gasteiger partial charge in [0.2, 0.25) is 0 Å². The molecule has 1 aliphatic carbocycles. The van der Waals surface area contributed by atoms with Crippen LogP contribution in [0.15, 0.2) is 91.0 Å². The number of hydrogen-bond donors (Lipinski definition) is 2. The second-order valence-electron chi connectivity index (χ2n) is 10.1. The predicted molar refractivity (Wildman–Crippen MR) is 159 cm³/mol. The molecule has 0 aromatic heterocycles. The Kier molecular flexibility index (Phi) is 8.57. The van der Waals surface area contributed by atoms with E-state index in [1.54, 1.807) is 7.11 Å². The zero-order valence-corrected chi connectivity index (χ0v) is 22.9. The average molecular weight is 523 g/mol. The third-order valence-corrected chi connectivity index (χ3v) is 7.59. The van der Waals surface area contributed by atoms with Crippen LogP contribution < -0.4 is 19.7 Å². The van der Waals surface area contributed by atoms with Gasteiger partial charge >= 0.3 is 0 Å². The number of aromatic hydroxyl groups is 1. The molecule has 1 unspecified atom stereocenters. The van der Waals surface area contributed by atoms with Gasteiger partial charge in [-0.1, -0.05) is 42.5 Å². The first-order chi connectivity index (χ1) is 19.1. The van der Waals surface area contributed by atoms with Crippen LogP contribution in [0.4, 0.5) is 11.4 Å². The van der Waals surface area contributed by atoms with Crippen LogP contribution >= 0.6 is 0 Å². The number of phenolic OH excluding ortho intramolecular Hbond substituents is 1. The molecule has 2 N–H and O–H groups in total. The Balaban J connectivity index is 1.26. The van der Waals surface area contributed by atoms with Crippen LogP contribution in [0, 0.1) is 0 Å². The van der Waals surface area contributed by atoms with Gasteiger partial charge in [-0.15, -0.1) is 0 Å². The Bertz CT molecular complexity index is 1350. The lowest BCUT2D eigenvalue weighted by molar-refractivity contribution is 0.333. The van der Waals surface area contributed by atoms with Crippen LogP contribution in [-0.4, -0.2) is 31.9 Å². The molecule has 0 radical (unpaired) electrons. The smallest absolute Gasteiger partial charge is 0.120 e. The Morgan fingerprint density at radius 3 is 2.46 bits per heavy atom. The number of nitrogens with zero attached hydrogens (tertiary/aromatic N) is 1. The van der Waals surface area contributed by atoms with E-state index >= 15 is 0 Å². The molecule has 0 amide bonds. The number of aryl methyl sites for hydroxylation is 1. The number of para-hydroxylation sites is 1. The standard InChI is InChI=1S/C34H38N2O3/c1-3-36(24-25-9-15-31(16-10-25)39-20-19-35-29-7-5-4-6-8-29)34-23-32(38-2)17-18-33(34)28-12-11-27-22-30(37)14-13-26(27)21-28/h4-10,13-18,22-23,28,35,37H,3,11-12,19-21,24H2,1-2H3. The molecule has 0 saturated heterocycles. The van der Waals surface area contributed by atoms with Crippen molar-refractivity contribution in [3.05, 3.63) is 113 Å². The minimum Gasteiger partial charge on any atom is -0.508 e. The maximum Gasteiger partial charge on any atom is 0.120 e. The van der Waals surface area contributed by atoms with Crippen molar-refractivity contribution in [1.82, 2.24) is 0 Å². The largest absolute Gasteiger partial charge is 0.508 e. The second kappa shape index (κ2) is 12.6. The number of fused-ring (bicyclic) bond motifs is 1. The summed E-state index contributed by atoms with van der Waals surface area (Å²) in [5.41, 5.74) is 7.54. The molecule has 0 spiro atoms. The maximum absolute atomic E-state index is 9.90. The minimum absolute atomic E-state index is 0.356. The highest BCUT2D eigenvalue weighted by molar-refractivity contribution is 5.60. The molecular formula is C34H38N2O3. The van der Waals surface area contributed by atoms with E-state index in [4.69, 9.17) is 9.47 Å². The first-order valence-corrected chi connectivity index (χ1v) is 13.9. The monoisotopic (exact) mass is 522 g/mol. The van der Waals surface area contributed by atoms with Crippen molar-refractivity contribution in [1.29, 1.82) is 0 Å². The summed E-state index contributed by atoms with van der Waals surface area (Å²) in [5.74, 6) is 2.54. The highest BCUT2D eigenvalue weighted by atomic mass is 16.5. The predicted octanol–water partition coefficient (Wildman–Crippen LogP) is 7.19. The zero-order chi connectivity index (χ0) is 27.0. The summed E-state index contributed by atoms with van der Waals surface area (Å²) in [6.07, 6.45) is 3.03. The SMILES string of the molecule is CCN(Cc1ccc(OCCNc2ccccc2)cc1)c1cc(OC)ccc1C1CCc2cc(O)ccc2C1. The Hall–Kier alpha value is -4.12. The Morgan fingerprint density at radius 2 is 1.69 bits per heavy atom. The molecule has 5 heteroatoms. The number of rotatable bonds is 11. The lowest BCUT2D eigenvalue weighted by Gasteiger charge is -2.32. The van der Waals surface area contributed by atoms with Gasteiger partial charge in [-0.2, -0.15) is 0 Å². The van der Waals surface area contributed by atoms with Crippen molar-refractivity contribution in [2.75, 3.05) is 37.0 Å². The van der Waals surface area contributed by atoms with Crippen LogP contribution in [0.25, 0.3) is 0 Å². The number of ether oxygens (including phenoxy) is 2. The van der Waals surface area contributed by atoms with E-state index < -0.39 is 0 Å². The molecule has 202 valence electrons. The summed E-state index contributed by atoms with van der Waals surface area (Å²) in [7, 11) is 1.73. The molecule has 5 rings (SSSR count). The average Bonchev–Trinajstić information content (AvgIpc) is 2.98. The molecule has 0 aliphatic heterocycles. The van der Waals surface area contributed by atoms with E-state index in [1.807, 2.05) is 30.3 Å². The van der Waals surface area contributed by atoms with Gasteiger partial charge in [0, 0.05) is 37.1 Å². The molecule has 0 fully saturated rings. The quantitative estimate of drug-likeness (QED) is 0.204. The second-order valence-corrected chi connectivity index (χ2v) is 10.1. The molecule has 4 aromatic carbocycles. The van der Waals surface area contributed by atoms with Crippen LogP contribution in [0.3, 0.4) is 0 Å².